The van der Waals surface area contributed by atoms with Gasteiger partial charge >= 0.3 is 6.18 Å². The van der Waals surface area contributed by atoms with E-state index in [-0.39, 0.29) is 109 Å². The van der Waals surface area contributed by atoms with Gasteiger partial charge in [0, 0.05) is 107 Å². The number of aryl methyl sites for hydroxylation is 2. The Morgan fingerprint density at radius 3 is 2.10 bits per heavy atom. The first-order valence-electron chi connectivity index (χ1n) is 40.5. The Labute approximate surface area is 683 Å². The molecule has 9 amide bonds. The van der Waals surface area contributed by atoms with Gasteiger partial charge in [-0.15, -0.1) is 0 Å². The van der Waals surface area contributed by atoms with Crippen molar-refractivity contribution in [2.24, 2.45) is 5.92 Å². The Balaban J connectivity index is 0.00000217. The molecule has 6 aliphatic rings. The van der Waals surface area contributed by atoms with Gasteiger partial charge in [0.25, 0.3) is 0 Å². The average Bonchev–Trinajstić information content (AvgIpc) is 1.62. The molecule has 0 unspecified atom stereocenters. The largest absolute Gasteiger partial charge is 0.542 e. The molecule has 4 aromatic carbocycles. The summed E-state index contributed by atoms with van der Waals surface area (Å²) in [6.07, 6.45) is -3.14. The maximum absolute atomic E-state index is 16.3. The van der Waals surface area contributed by atoms with E-state index in [4.69, 9.17) is 28.8 Å². The highest BCUT2D eigenvalue weighted by Gasteiger charge is 2.49. The highest BCUT2D eigenvalue weighted by atomic mass is 19.4. The number of aliphatic hydroxyl groups excluding tert-OH is 1. The Morgan fingerprint density at radius 1 is 0.703 bits per heavy atom. The van der Waals surface area contributed by atoms with E-state index in [1.165, 1.54) is 36.0 Å². The van der Waals surface area contributed by atoms with Gasteiger partial charge in [0.15, 0.2) is 11.6 Å². The van der Waals surface area contributed by atoms with Gasteiger partial charge in [-0.25, -0.2) is 4.39 Å². The molecule has 7 heterocycles. The van der Waals surface area contributed by atoms with Crippen LogP contribution in [0.4, 0.5) is 17.6 Å². The van der Waals surface area contributed by atoms with Crippen LogP contribution in [-0.4, -0.2) is 248 Å². The molecule has 29 nitrogen and oxygen atoms in total. The number of methoxy groups -OCH3 is 1. The van der Waals surface area contributed by atoms with E-state index in [9.17, 15) is 42.3 Å². The summed E-state index contributed by atoms with van der Waals surface area (Å²) in [6, 6.07) is 18.1. The van der Waals surface area contributed by atoms with Crippen molar-refractivity contribution >= 4 is 81.6 Å². The smallest absolute Gasteiger partial charge is 0.430 e. The predicted molar refractivity (Wildman–Crippen MR) is 421 cm³/mol. The summed E-state index contributed by atoms with van der Waals surface area (Å²) in [5.74, 6) is -11.5. The molecule has 642 valence electrons. The number of quaternary nitrogens is 1. The van der Waals surface area contributed by atoms with E-state index < -0.39 is 144 Å². The summed E-state index contributed by atoms with van der Waals surface area (Å²) in [4.78, 5) is 178. The number of hydrogen-bond acceptors (Lipinski definition) is 18. The van der Waals surface area contributed by atoms with Gasteiger partial charge in [-0.2, -0.15) is 13.2 Å². The quantitative estimate of drug-likeness (QED) is 0.0443. The van der Waals surface area contributed by atoms with Crippen molar-refractivity contribution in [2.45, 2.75) is 203 Å². The number of fused-ring (bicyclic) bond motifs is 16. The molecule has 118 heavy (non-hydrogen) atoms. The molecule has 5 aromatic rings. The van der Waals surface area contributed by atoms with Gasteiger partial charge in [-0.1, -0.05) is 73.5 Å². The summed E-state index contributed by atoms with van der Waals surface area (Å²) >= 11 is 0. The number of benzene rings is 4. The maximum Gasteiger partial charge on any atom is 0.430 e. The summed E-state index contributed by atoms with van der Waals surface area (Å²) in [7, 11) is 7.66. The minimum absolute atomic E-state index is 0.00682. The summed E-state index contributed by atoms with van der Waals surface area (Å²) < 4.78 is 73.2. The number of likely N-dealkylation sites (N-methyl/N-ethyl adjacent to an activating group) is 1. The zero-order valence-corrected chi connectivity index (χ0v) is 67.9. The molecule has 33 heteroatoms. The number of rotatable bonds is 15. The van der Waals surface area contributed by atoms with E-state index in [0.29, 0.717) is 115 Å². The molecule has 1 aromatic heterocycles. The van der Waals surface area contributed by atoms with Gasteiger partial charge < -0.3 is 89.6 Å². The van der Waals surface area contributed by atoms with Crippen molar-refractivity contribution in [2.75, 3.05) is 94.0 Å². The van der Waals surface area contributed by atoms with Crippen LogP contribution in [0.1, 0.15) is 137 Å². The molecular weight excluding hydrogens is 1540 g/mol. The molecule has 0 aliphatic carbocycles. The number of ketones is 2. The van der Waals surface area contributed by atoms with Gasteiger partial charge in [0.1, 0.15) is 54.9 Å². The molecule has 2 fully saturated rings. The number of carboxylic acid groups (broad SMARTS) is 1. The van der Waals surface area contributed by atoms with Crippen LogP contribution < -0.4 is 41.7 Å². The fourth-order valence-electron chi connectivity index (χ4n) is 15.4. The van der Waals surface area contributed by atoms with Gasteiger partial charge in [0.05, 0.1) is 78.5 Å². The number of carbonyl (C=O) groups excluding carboxylic acids is 12. The first kappa shape index (κ1) is 91.7. The highest BCUT2D eigenvalue weighted by Crippen LogP contribution is 2.35. The second-order valence-corrected chi connectivity index (χ2v) is 32.1. The topological polar surface area (TPSA) is 372 Å². The number of nitrogens with zero attached hydrogens (tertiary/aromatic N) is 5. The van der Waals surface area contributed by atoms with Crippen molar-refractivity contribution in [3.63, 3.8) is 0 Å². The van der Waals surface area contributed by atoms with Crippen molar-refractivity contribution in [1.82, 2.24) is 51.2 Å². The Bertz CT molecular complexity index is 4350. The Morgan fingerprint density at radius 2 is 1.40 bits per heavy atom. The molecule has 11 rings (SSSR count). The third kappa shape index (κ3) is 26.6. The summed E-state index contributed by atoms with van der Waals surface area (Å²) in [6.45, 7) is 4.80. The van der Waals surface area contributed by atoms with Crippen molar-refractivity contribution in [3.05, 3.63) is 136 Å². The standard InChI is InChI=1S/C83H110FN11O16.C2HF3O2/c1-54(96)76-79(104)89-66(44-56-25-28-63(108-6)29-26-56)82(107)94-36-14-33-83(94,2)71(98)18-12-15-55-21-23-57(24-22-55)51-92-35-10-8-7-9-34-91-52-61(64-48-62(84)27-30-68(64)91)46-60-47-69(97)65(45-58-16-11-17-59(43-58)49-85-74(101)53-111-70-31-37-93(81(60)106)77(70)80(105)90-76)88-78(103)67(87-73(100)19-13-20-75(92)102)50-86-72(99)32-39-109-41-42-110-40-38-95(3,4)5;3-2(4,5)1(6)7/h11,16-17,21-30,43,48,52,54,60,65-67,70,76-77,96H,7-10,12-15,18-20,31-42,44-47,49-51,53H2,1-6H3,(H5-,85,86,87,88,89,90,99,100,101,103,104,105);(H,6,7)/t54-,60-,65+,66+,67-,70+,76+,77+,83+;/m1./s1. The monoisotopic (exact) mass is 1650 g/mol. The van der Waals surface area contributed by atoms with Crippen molar-refractivity contribution < 1.29 is 109 Å². The number of aliphatic hydroxyl groups is 1. The lowest BCUT2D eigenvalue weighted by Gasteiger charge is -2.37. The number of nitrogens with one attached hydrogen (secondary N) is 6. The number of carboxylic acids is 1. The minimum atomic E-state index is -5.19. The van der Waals surface area contributed by atoms with E-state index in [1.807, 2.05) is 35.0 Å². The SMILES string of the molecule is COc1ccc(C[C@@H]2NC(=O)[C@H]([C@@H](C)O)NC(=O)[C@@H]3[C@@H]4CCN3C(=O)[C@H]3CC(=O)[C@H](Cc5cccc(c5)CNC(=O)CO4)NC(=O)[C@@H](CNC(=O)CCOCCOCC[N+](C)(C)C)NC(=O)CCCC(=O)N(CCCCCCn4cc(c5cc(F)ccc54)C3)Cc3ccc(cc3)CCCC(=O)[C@]3(C)CCCN3C2=O)cc1.O=C([O-])C(F)(F)F. The molecule has 2 saturated heterocycles. The zero-order valence-electron chi connectivity index (χ0n) is 67.9. The Hall–Kier alpha value is -10.2. The fourth-order valence-corrected chi connectivity index (χ4v) is 15.4. The molecule has 0 spiro atoms. The van der Waals surface area contributed by atoms with Crippen LogP contribution >= 0.6 is 0 Å². The predicted octanol–water partition coefficient (Wildman–Crippen LogP) is 3.93. The third-order valence-electron chi connectivity index (χ3n) is 22.0. The number of aromatic nitrogens is 1. The van der Waals surface area contributed by atoms with Crippen LogP contribution in [0, 0.1) is 11.7 Å². The number of halogens is 4. The molecule has 0 radical (unpaired) electrons. The van der Waals surface area contributed by atoms with Crippen LogP contribution in [0.3, 0.4) is 0 Å². The van der Waals surface area contributed by atoms with Crippen LogP contribution in [0.25, 0.3) is 10.9 Å². The number of amides is 9. The number of Topliss-reactive ketones (excluding diaryl/α,β-unsaturated/α-hetero) is 2. The highest BCUT2D eigenvalue weighted by molar-refractivity contribution is 6.00. The summed E-state index contributed by atoms with van der Waals surface area (Å²) in [5.41, 5.74) is 3.32. The van der Waals surface area contributed by atoms with Gasteiger partial charge in [-0.05, 0) is 142 Å². The van der Waals surface area contributed by atoms with Crippen LogP contribution in [0.5, 0.6) is 5.75 Å². The number of ether oxygens (including phenoxy) is 4. The van der Waals surface area contributed by atoms with E-state index in [0.717, 1.165) is 24.1 Å². The second-order valence-electron chi connectivity index (χ2n) is 32.1. The first-order chi connectivity index (χ1) is 56.2. The summed E-state index contributed by atoms with van der Waals surface area (Å²) in [5, 5.41) is 37.7. The van der Waals surface area contributed by atoms with Crippen LogP contribution in [0.15, 0.2) is 97.2 Å². The second kappa shape index (κ2) is 43.0. The number of alkyl halides is 3. The number of carbonyl (C=O) groups is 12. The molecular formula is C85H111F4N11O18. The van der Waals surface area contributed by atoms with Crippen molar-refractivity contribution in [3.8, 4) is 5.75 Å². The molecule has 9 atom stereocenters. The minimum Gasteiger partial charge on any atom is -0.542 e. The normalized spacial score (nSPS) is 23.6. The number of hydrogen-bond donors (Lipinski definition) is 7. The van der Waals surface area contributed by atoms with E-state index in [1.54, 1.807) is 66.4 Å². The molecule has 0 saturated carbocycles. The van der Waals surface area contributed by atoms with Crippen molar-refractivity contribution in [1.29, 1.82) is 0 Å². The van der Waals surface area contributed by atoms with E-state index >= 15 is 33.2 Å². The fraction of sp³-hybridized carbons (Fsp3) is 0.553. The lowest BCUT2D eigenvalue weighted by atomic mass is 9.88. The Kier molecular flexibility index (Phi) is 33.4. The third-order valence-corrected chi connectivity index (χ3v) is 22.0. The maximum atomic E-state index is 16.3. The lowest BCUT2D eigenvalue weighted by Crippen LogP contribution is -2.62. The van der Waals surface area contributed by atoms with Crippen LogP contribution in [0.2, 0.25) is 0 Å². The number of aliphatic carboxylic acids is 1. The lowest BCUT2D eigenvalue weighted by molar-refractivity contribution is -0.870. The van der Waals surface area contributed by atoms with Crippen LogP contribution in [-0.2, 0) is 117 Å². The van der Waals surface area contributed by atoms with Gasteiger partial charge in [0.2, 0.25) is 53.2 Å². The molecule has 7 N–H and O–H groups in total. The first-order valence-corrected chi connectivity index (χ1v) is 40.5. The average molecular weight is 1650 g/mol. The zero-order chi connectivity index (χ0) is 85.4. The van der Waals surface area contributed by atoms with E-state index in [2.05, 4.69) is 53.0 Å². The molecule has 6 aliphatic heterocycles. The van der Waals surface area contributed by atoms with Gasteiger partial charge in [-0.3, -0.25) is 52.7 Å². The molecule has 12 bridgehead atoms.